The highest BCUT2D eigenvalue weighted by Gasteiger charge is 2.46. The van der Waals surface area contributed by atoms with Crippen molar-refractivity contribution in [2.75, 3.05) is 20.3 Å². The molecule has 0 saturated carbocycles. The van der Waals surface area contributed by atoms with Crippen LogP contribution in [-0.2, 0) is 4.79 Å². The minimum absolute atomic E-state index is 0.200. The van der Waals surface area contributed by atoms with Gasteiger partial charge in [-0.15, -0.1) is 0 Å². The molecule has 0 saturated heterocycles. The Morgan fingerprint density at radius 2 is 1.78 bits per heavy atom. The van der Waals surface area contributed by atoms with Crippen LogP contribution in [0.2, 0.25) is 0 Å². The predicted octanol–water partition coefficient (Wildman–Crippen LogP) is 4.95. The number of nitrogens with zero attached hydrogens (tertiary/aromatic N) is 3. The second-order valence-electron chi connectivity index (χ2n) is 7.80. The molecule has 0 radical (unpaired) electrons. The summed E-state index contributed by atoms with van der Waals surface area (Å²) in [5, 5.41) is 10.8. The van der Waals surface area contributed by atoms with Crippen LogP contribution in [0.15, 0.2) is 52.1 Å². The number of rotatable bonds is 7. The van der Waals surface area contributed by atoms with Crippen molar-refractivity contribution in [2.24, 2.45) is 10.1 Å². The number of alkyl halides is 3. The maximum atomic E-state index is 13.0. The van der Waals surface area contributed by atoms with E-state index in [1.165, 1.54) is 13.2 Å². The Hall–Kier alpha value is -3.80. The number of methoxy groups -OCH3 is 1. The summed E-state index contributed by atoms with van der Waals surface area (Å²) in [6, 6.07) is 10.8. The van der Waals surface area contributed by atoms with Gasteiger partial charge in [0.05, 0.1) is 12.7 Å². The molecule has 2 aliphatic heterocycles. The van der Waals surface area contributed by atoms with Gasteiger partial charge < -0.3 is 14.2 Å². The minimum atomic E-state index is -4.70. The summed E-state index contributed by atoms with van der Waals surface area (Å²) in [5.74, 6) is 0.245. The molecule has 0 spiro atoms. The minimum Gasteiger partial charge on any atom is -0.493 e. The van der Waals surface area contributed by atoms with Gasteiger partial charge in [-0.3, -0.25) is 10.2 Å². The summed E-state index contributed by atoms with van der Waals surface area (Å²) >= 11 is 0.200. The summed E-state index contributed by atoms with van der Waals surface area (Å²) in [6.07, 6.45) is -3.36. The van der Waals surface area contributed by atoms with Gasteiger partial charge in [-0.25, -0.2) is 0 Å². The number of thioether (sulfide) groups is 1. The van der Waals surface area contributed by atoms with E-state index in [0.717, 1.165) is 16.9 Å². The molecular formula is C24H21F3N4O4S. The standard InChI is InChI=1S/C24H21F3N4O4S/c1-13-4-5-14(2)18(10-13)35-9-8-34-17-7-6-15(12-19(17)33-3)11-16-20(28)31-23(29-21(16)32)36-22(30-31)24(25,26)27/h4-7,10-12,28H,8-9H2,1-3H3/b16-11-,28-20?. The molecule has 4 rings (SSSR count). The average molecular weight is 519 g/mol. The van der Waals surface area contributed by atoms with Crippen LogP contribution in [-0.4, -0.2) is 53.5 Å². The molecule has 2 aromatic rings. The number of amidine groups is 2. The summed E-state index contributed by atoms with van der Waals surface area (Å²) in [5.41, 5.74) is 2.36. The zero-order valence-corrected chi connectivity index (χ0v) is 20.3. The maximum absolute atomic E-state index is 13.0. The van der Waals surface area contributed by atoms with Gasteiger partial charge >= 0.3 is 6.18 Å². The summed E-state index contributed by atoms with van der Waals surface area (Å²) in [6.45, 7) is 4.49. The summed E-state index contributed by atoms with van der Waals surface area (Å²) in [4.78, 5) is 16.1. The number of ether oxygens (including phenoxy) is 3. The molecule has 0 aromatic heterocycles. The van der Waals surface area contributed by atoms with Crippen LogP contribution in [0.1, 0.15) is 16.7 Å². The molecule has 2 heterocycles. The number of halogens is 3. The Morgan fingerprint density at radius 1 is 1.06 bits per heavy atom. The molecule has 0 atom stereocenters. The van der Waals surface area contributed by atoms with Gasteiger partial charge in [0.25, 0.3) is 5.91 Å². The van der Waals surface area contributed by atoms with Gasteiger partial charge in [-0.1, -0.05) is 18.2 Å². The second kappa shape index (κ2) is 10.1. The topological polar surface area (TPSA) is 96.6 Å². The molecule has 0 fully saturated rings. The first-order valence-electron chi connectivity index (χ1n) is 10.6. The Morgan fingerprint density at radius 3 is 2.47 bits per heavy atom. The number of nitrogens with one attached hydrogen (secondary N) is 1. The highest BCUT2D eigenvalue weighted by Crippen LogP contribution is 2.36. The van der Waals surface area contributed by atoms with E-state index in [1.807, 2.05) is 32.0 Å². The van der Waals surface area contributed by atoms with E-state index in [4.69, 9.17) is 19.6 Å². The lowest BCUT2D eigenvalue weighted by atomic mass is 10.1. The number of aliphatic imine (C=N–C) groups is 1. The lowest BCUT2D eigenvalue weighted by Crippen LogP contribution is -2.35. The molecule has 2 aliphatic rings. The molecule has 0 unspecified atom stereocenters. The SMILES string of the molecule is COc1cc(/C=C2/C(=N)N3N=C(C(F)(F)F)SC3=NC2=O)ccc1OCCOc1cc(C)ccc1C. The van der Waals surface area contributed by atoms with Crippen LogP contribution in [0.5, 0.6) is 17.2 Å². The van der Waals surface area contributed by atoms with Crippen LogP contribution in [0.3, 0.4) is 0 Å². The molecule has 0 bridgehead atoms. The van der Waals surface area contributed by atoms with Gasteiger partial charge in [0, 0.05) is 0 Å². The zero-order chi connectivity index (χ0) is 26.0. The Labute approximate surface area is 208 Å². The van der Waals surface area contributed by atoms with Crippen LogP contribution < -0.4 is 14.2 Å². The average Bonchev–Trinajstić information content (AvgIpc) is 3.27. The number of carbonyl (C=O) groups excluding carboxylic acids is 1. The van der Waals surface area contributed by atoms with Crippen LogP contribution in [0, 0.1) is 19.3 Å². The van der Waals surface area contributed by atoms with E-state index < -0.39 is 23.0 Å². The van der Waals surface area contributed by atoms with E-state index in [9.17, 15) is 18.0 Å². The van der Waals surface area contributed by atoms with Crippen molar-refractivity contribution in [3.63, 3.8) is 0 Å². The number of hydrogen-bond donors (Lipinski definition) is 1. The molecule has 36 heavy (non-hydrogen) atoms. The smallest absolute Gasteiger partial charge is 0.441 e. The molecule has 0 aliphatic carbocycles. The number of fused-ring (bicyclic) bond motifs is 1. The number of hydrazone groups is 1. The van der Waals surface area contributed by atoms with Crippen molar-refractivity contribution in [1.29, 1.82) is 5.41 Å². The first-order chi connectivity index (χ1) is 17.1. The lowest BCUT2D eigenvalue weighted by molar-refractivity contribution is -0.114. The summed E-state index contributed by atoms with van der Waals surface area (Å²) < 4.78 is 55.9. The van der Waals surface area contributed by atoms with Gasteiger partial charge in [-0.05, 0) is 66.6 Å². The number of hydrogen-bond acceptors (Lipinski definition) is 7. The molecule has 2 aromatic carbocycles. The summed E-state index contributed by atoms with van der Waals surface area (Å²) in [7, 11) is 1.45. The molecule has 1 amide bonds. The molecule has 8 nitrogen and oxygen atoms in total. The Kier molecular flexibility index (Phi) is 7.07. The fraction of sp³-hybridized carbons (Fsp3) is 0.250. The van der Waals surface area contributed by atoms with E-state index in [1.54, 1.807) is 18.2 Å². The van der Waals surface area contributed by atoms with Crippen LogP contribution >= 0.6 is 11.8 Å². The van der Waals surface area contributed by atoms with E-state index in [2.05, 4.69) is 10.1 Å². The van der Waals surface area contributed by atoms with Crippen LogP contribution in [0.25, 0.3) is 6.08 Å². The fourth-order valence-electron chi connectivity index (χ4n) is 3.33. The largest absolute Gasteiger partial charge is 0.493 e. The Bertz CT molecular complexity index is 1320. The lowest BCUT2D eigenvalue weighted by Gasteiger charge is -2.20. The predicted molar refractivity (Wildman–Crippen MR) is 131 cm³/mol. The third kappa shape index (κ3) is 5.38. The molecular weight excluding hydrogens is 497 g/mol. The second-order valence-corrected chi connectivity index (χ2v) is 8.76. The maximum Gasteiger partial charge on any atom is 0.441 e. The Balaban J connectivity index is 1.46. The third-order valence-electron chi connectivity index (χ3n) is 5.14. The molecule has 188 valence electrons. The van der Waals surface area contributed by atoms with Gasteiger partial charge in [0.2, 0.25) is 10.2 Å². The zero-order valence-electron chi connectivity index (χ0n) is 19.5. The van der Waals surface area contributed by atoms with Crippen molar-refractivity contribution in [3.05, 3.63) is 58.7 Å². The van der Waals surface area contributed by atoms with Gasteiger partial charge in [-0.2, -0.15) is 28.3 Å². The van der Waals surface area contributed by atoms with E-state index in [-0.39, 0.29) is 29.1 Å². The van der Waals surface area contributed by atoms with Gasteiger partial charge in [0.15, 0.2) is 17.3 Å². The van der Waals surface area contributed by atoms with Crippen molar-refractivity contribution in [3.8, 4) is 17.2 Å². The monoisotopic (exact) mass is 518 g/mol. The highest BCUT2D eigenvalue weighted by atomic mass is 32.2. The van der Waals surface area contributed by atoms with Crippen molar-refractivity contribution in [1.82, 2.24) is 5.01 Å². The number of benzene rings is 2. The first-order valence-corrected chi connectivity index (χ1v) is 11.5. The molecule has 12 heteroatoms. The fourth-order valence-corrected chi connectivity index (χ4v) is 4.09. The third-order valence-corrected chi connectivity index (χ3v) is 6.09. The first kappa shape index (κ1) is 25.3. The van der Waals surface area contributed by atoms with Crippen molar-refractivity contribution < 1.29 is 32.2 Å². The number of carbonyl (C=O) groups is 1. The number of amides is 1. The highest BCUT2D eigenvalue weighted by molar-refractivity contribution is 8.27. The van der Waals surface area contributed by atoms with Crippen molar-refractivity contribution >= 4 is 39.8 Å². The normalized spacial score (nSPS) is 16.6. The van der Waals surface area contributed by atoms with Crippen molar-refractivity contribution in [2.45, 2.75) is 20.0 Å². The quantitative estimate of drug-likeness (QED) is 0.412. The molecule has 1 N–H and O–H groups in total. The van der Waals surface area contributed by atoms with E-state index >= 15 is 0 Å². The number of aryl methyl sites for hydroxylation is 2. The van der Waals surface area contributed by atoms with E-state index in [0.29, 0.717) is 28.7 Å². The van der Waals surface area contributed by atoms with Gasteiger partial charge in [0.1, 0.15) is 19.0 Å². The van der Waals surface area contributed by atoms with Crippen LogP contribution in [0.4, 0.5) is 13.2 Å².